The molecule has 1 amide bonds. The Morgan fingerprint density at radius 3 is 2.71 bits per heavy atom. The van der Waals surface area contributed by atoms with Gasteiger partial charge in [0.05, 0.1) is 23.9 Å². The summed E-state index contributed by atoms with van der Waals surface area (Å²) in [6.45, 7) is 3.14. The van der Waals surface area contributed by atoms with Crippen molar-refractivity contribution in [3.8, 4) is 16.9 Å². The Hall–Kier alpha value is -2.79. The van der Waals surface area contributed by atoms with Gasteiger partial charge >= 0.3 is 0 Å². The standard InChI is InChI=1S/C29H36Cl2N8O2/c30-20-8-9-25(39-17-27(31)35-36-39)22(14-20)23-15-28(40)38(18-34-23)24-7-2-1-3-10-33-29(41)26-16-32-11-12-37(26)21-6-4-5-19(24)13-21/h8-9,14-15,17-19,21,24,26,32H,1-7,10-13,16H2,(H,33,41)/t19?,21?,24-,26+/m0/s1. The lowest BCUT2D eigenvalue weighted by Gasteiger charge is -2.45. The van der Waals surface area contributed by atoms with E-state index < -0.39 is 0 Å². The third-order valence-electron chi connectivity index (χ3n) is 8.90. The summed E-state index contributed by atoms with van der Waals surface area (Å²) in [5.74, 6) is 0.483. The lowest BCUT2D eigenvalue weighted by atomic mass is 9.78. The molecule has 6 rings (SSSR count). The molecule has 4 atom stereocenters. The predicted octanol–water partition coefficient (Wildman–Crippen LogP) is 3.86. The molecule has 12 heteroatoms. The van der Waals surface area contributed by atoms with E-state index in [1.807, 2.05) is 10.6 Å². The number of hydrogen-bond donors (Lipinski definition) is 2. The van der Waals surface area contributed by atoms with Crippen molar-refractivity contribution in [2.45, 2.75) is 69.5 Å². The summed E-state index contributed by atoms with van der Waals surface area (Å²) in [6, 6.07) is 7.22. The van der Waals surface area contributed by atoms with Gasteiger partial charge in [-0.15, -0.1) is 5.10 Å². The quantitative estimate of drug-likeness (QED) is 0.471. The average molecular weight is 600 g/mol. The van der Waals surface area contributed by atoms with Gasteiger partial charge in [0.25, 0.3) is 5.56 Å². The number of carbonyl (C=O) groups is 1. The molecule has 2 aromatic heterocycles. The summed E-state index contributed by atoms with van der Waals surface area (Å²) in [7, 11) is 0. The van der Waals surface area contributed by atoms with Crippen LogP contribution in [0.5, 0.6) is 0 Å². The number of hydrogen-bond acceptors (Lipinski definition) is 7. The molecule has 2 bridgehead atoms. The first-order valence-electron chi connectivity index (χ1n) is 14.7. The van der Waals surface area contributed by atoms with Crippen molar-refractivity contribution in [2.24, 2.45) is 5.92 Å². The van der Waals surface area contributed by atoms with Crippen LogP contribution in [-0.2, 0) is 4.79 Å². The molecule has 218 valence electrons. The number of carbonyl (C=O) groups excluding carboxylic acids is 1. The van der Waals surface area contributed by atoms with Crippen LogP contribution in [0.1, 0.15) is 57.4 Å². The summed E-state index contributed by atoms with van der Waals surface area (Å²) in [4.78, 5) is 34.0. The first-order chi connectivity index (χ1) is 20.0. The molecule has 0 radical (unpaired) electrons. The fourth-order valence-corrected chi connectivity index (χ4v) is 7.22. The zero-order chi connectivity index (χ0) is 28.3. The Labute approximate surface area is 249 Å². The summed E-state index contributed by atoms with van der Waals surface area (Å²) >= 11 is 12.4. The van der Waals surface area contributed by atoms with Crippen LogP contribution < -0.4 is 16.2 Å². The fourth-order valence-electron chi connectivity index (χ4n) is 6.92. The summed E-state index contributed by atoms with van der Waals surface area (Å²) in [5, 5.41) is 15.4. The number of aromatic nitrogens is 5. The highest BCUT2D eigenvalue weighted by atomic mass is 35.5. The second kappa shape index (κ2) is 12.6. The van der Waals surface area contributed by atoms with Crippen LogP contribution in [0.3, 0.4) is 0 Å². The number of nitrogens with one attached hydrogen (secondary N) is 2. The van der Waals surface area contributed by atoms with Crippen molar-refractivity contribution in [3.05, 3.63) is 57.3 Å². The van der Waals surface area contributed by atoms with Crippen LogP contribution in [0.4, 0.5) is 0 Å². The molecule has 2 saturated heterocycles. The number of nitrogens with zero attached hydrogens (tertiary/aromatic N) is 6. The van der Waals surface area contributed by atoms with Gasteiger partial charge in [-0.1, -0.05) is 47.7 Å². The molecule has 3 fully saturated rings. The van der Waals surface area contributed by atoms with Crippen molar-refractivity contribution in [1.82, 2.24) is 40.1 Å². The van der Waals surface area contributed by atoms with Gasteiger partial charge in [-0.25, -0.2) is 9.67 Å². The first-order valence-corrected chi connectivity index (χ1v) is 15.4. The lowest BCUT2D eigenvalue weighted by molar-refractivity contribution is -0.128. The number of amides is 1. The molecule has 0 spiro atoms. The van der Waals surface area contributed by atoms with E-state index in [-0.39, 0.29) is 28.7 Å². The Morgan fingerprint density at radius 1 is 0.976 bits per heavy atom. The predicted molar refractivity (Wildman–Crippen MR) is 158 cm³/mol. The van der Waals surface area contributed by atoms with Gasteiger partial charge in [-0.05, 0) is 56.2 Å². The minimum absolute atomic E-state index is 0.0607. The largest absolute Gasteiger partial charge is 0.355 e. The van der Waals surface area contributed by atoms with Gasteiger partial charge in [-0.3, -0.25) is 19.1 Å². The smallest absolute Gasteiger partial charge is 0.254 e. The molecule has 1 saturated carbocycles. The van der Waals surface area contributed by atoms with Gasteiger partial charge in [0.2, 0.25) is 5.91 Å². The highest BCUT2D eigenvalue weighted by Crippen LogP contribution is 2.38. The summed E-state index contributed by atoms with van der Waals surface area (Å²) in [5.41, 5.74) is 1.81. The van der Waals surface area contributed by atoms with Crippen molar-refractivity contribution in [1.29, 1.82) is 0 Å². The summed E-state index contributed by atoms with van der Waals surface area (Å²) < 4.78 is 3.41. The maximum Gasteiger partial charge on any atom is 0.254 e. The van der Waals surface area contributed by atoms with Crippen molar-refractivity contribution < 1.29 is 4.79 Å². The van der Waals surface area contributed by atoms with Crippen molar-refractivity contribution >= 4 is 29.1 Å². The maximum atomic E-state index is 13.8. The third-order valence-corrected chi connectivity index (χ3v) is 9.31. The zero-order valence-corrected chi connectivity index (χ0v) is 24.5. The van der Waals surface area contributed by atoms with E-state index >= 15 is 0 Å². The van der Waals surface area contributed by atoms with Crippen LogP contribution >= 0.6 is 23.2 Å². The molecular formula is C29H36Cl2N8O2. The molecule has 4 heterocycles. The van der Waals surface area contributed by atoms with Crippen LogP contribution in [0.15, 0.2) is 41.6 Å². The van der Waals surface area contributed by atoms with E-state index in [1.165, 1.54) is 0 Å². The molecule has 2 N–H and O–H groups in total. The SMILES string of the molecule is O=C1NCCCCC[C@H](n2cnc(-c3cc(Cl)ccc3-n3cc(Cl)nn3)cc2=O)C2CCCC(C2)N2CCNC[C@H]12. The number of benzene rings is 1. The Balaban J connectivity index is 1.32. The number of rotatable bonds is 3. The molecule has 3 aliphatic rings. The van der Waals surface area contributed by atoms with E-state index in [9.17, 15) is 9.59 Å². The lowest BCUT2D eigenvalue weighted by Crippen LogP contribution is -2.61. The van der Waals surface area contributed by atoms with Gasteiger partial charge in [0, 0.05) is 54.9 Å². The van der Waals surface area contributed by atoms with Crippen molar-refractivity contribution in [2.75, 3.05) is 26.2 Å². The molecule has 1 aliphatic carbocycles. The number of fused-ring (bicyclic) bond motifs is 4. The first kappa shape index (κ1) is 28.3. The van der Waals surface area contributed by atoms with Gasteiger partial charge < -0.3 is 10.6 Å². The molecule has 41 heavy (non-hydrogen) atoms. The van der Waals surface area contributed by atoms with E-state index in [0.717, 1.165) is 64.5 Å². The van der Waals surface area contributed by atoms with Crippen LogP contribution in [0, 0.1) is 5.92 Å². The Bertz CT molecular complexity index is 1440. The average Bonchev–Trinajstić information content (AvgIpc) is 3.42. The van der Waals surface area contributed by atoms with Crippen molar-refractivity contribution in [3.63, 3.8) is 0 Å². The molecule has 2 aliphatic heterocycles. The minimum Gasteiger partial charge on any atom is -0.355 e. The third kappa shape index (κ3) is 6.21. The van der Waals surface area contributed by atoms with E-state index in [0.29, 0.717) is 47.0 Å². The molecule has 1 aromatic carbocycles. The Morgan fingerprint density at radius 2 is 1.88 bits per heavy atom. The molecular weight excluding hydrogens is 563 g/mol. The maximum absolute atomic E-state index is 13.8. The molecule has 2 unspecified atom stereocenters. The van der Waals surface area contributed by atoms with Crippen LogP contribution in [0.2, 0.25) is 10.2 Å². The van der Waals surface area contributed by atoms with Crippen LogP contribution in [-0.4, -0.2) is 73.6 Å². The minimum atomic E-state index is -0.137. The molecule has 10 nitrogen and oxygen atoms in total. The summed E-state index contributed by atoms with van der Waals surface area (Å²) in [6.07, 6.45) is 11.4. The zero-order valence-electron chi connectivity index (χ0n) is 23.0. The van der Waals surface area contributed by atoms with Crippen LogP contribution in [0.25, 0.3) is 16.9 Å². The highest BCUT2D eigenvalue weighted by molar-refractivity contribution is 6.31. The van der Waals surface area contributed by atoms with Gasteiger partial charge in [0.1, 0.15) is 6.04 Å². The number of piperazine rings is 1. The monoisotopic (exact) mass is 598 g/mol. The van der Waals surface area contributed by atoms with Gasteiger partial charge in [0.15, 0.2) is 5.15 Å². The Kier molecular flexibility index (Phi) is 8.71. The van der Waals surface area contributed by atoms with E-state index in [2.05, 4.69) is 25.8 Å². The van der Waals surface area contributed by atoms with E-state index in [4.69, 9.17) is 28.2 Å². The second-order valence-electron chi connectivity index (χ2n) is 11.4. The topological polar surface area (TPSA) is 110 Å². The second-order valence-corrected chi connectivity index (χ2v) is 12.2. The normalized spacial score (nSPS) is 26.2. The highest BCUT2D eigenvalue weighted by Gasteiger charge is 2.38. The van der Waals surface area contributed by atoms with Gasteiger partial charge in [-0.2, -0.15) is 0 Å². The fraction of sp³-hybridized carbons (Fsp3) is 0.552. The number of halogens is 2. The van der Waals surface area contributed by atoms with E-state index in [1.54, 1.807) is 35.4 Å². The molecule has 3 aromatic rings.